The van der Waals surface area contributed by atoms with Gasteiger partial charge in [0.05, 0.1) is 5.69 Å². The molecule has 4 nitrogen and oxygen atoms in total. The van der Waals surface area contributed by atoms with Crippen LogP contribution < -0.4 is 10.1 Å². The molecule has 1 N–H and O–H groups in total. The van der Waals surface area contributed by atoms with Crippen LogP contribution in [0.4, 0.5) is 0 Å². The third kappa shape index (κ3) is 3.35. The van der Waals surface area contributed by atoms with Crippen molar-refractivity contribution >= 4 is 10.8 Å². The van der Waals surface area contributed by atoms with Crippen LogP contribution in [-0.2, 0) is 6.54 Å². The van der Waals surface area contributed by atoms with Gasteiger partial charge in [-0.2, -0.15) is 5.10 Å². The molecule has 2 aromatic carbocycles. The van der Waals surface area contributed by atoms with Crippen LogP contribution in [0.3, 0.4) is 0 Å². The van der Waals surface area contributed by atoms with E-state index in [9.17, 15) is 0 Å². The number of benzene rings is 2. The van der Waals surface area contributed by atoms with Gasteiger partial charge in [-0.05, 0) is 35.5 Å². The third-order valence-electron chi connectivity index (χ3n) is 3.19. The van der Waals surface area contributed by atoms with Gasteiger partial charge in [-0.1, -0.05) is 37.3 Å². The molecule has 0 amide bonds. The van der Waals surface area contributed by atoms with Gasteiger partial charge < -0.3 is 10.1 Å². The van der Waals surface area contributed by atoms with Crippen molar-refractivity contribution in [3.8, 4) is 11.6 Å². The number of aromatic nitrogens is 2. The van der Waals surface area contributed by atoms with Gasteiger partial charge in [0.2, 0.25) is 5.88 Å². The molecule has 0 saturated heterocycles. The van der Waals surface area contributed by atoms with E-state index in [0.29, 0.717) is 5.88 Å². The lowest BCUT2D eigenvalue weighted by atomic mass is 10.1. The highest BCUT2D eigenvalue weighted by Crippen LogP contribution is 2.24. The maximum absolute atomic E-state index is 5.75. The predicted molar refractivity (Wildman–Crippen MR) is 83.4 cm³/mol. The summed E-state index contributed by atoms with van der Waals surface area (Å²) < 4.78 is 5.75. The van der Waals surface area contributed by atoms with Crippen molar-refractivity contribution in [2.24, 2.45) is 0 Å². The maximum atomic E-state index is 5.75. The van der Waals surface area contributed by atoms with E-state index in [1.54, 1.807) is 0 Å². The molecule has 106 valence electrons. The van der Waals surface area contributed by atoms with E-state index in [0.717, 1.165) is 29.9 Å². The number of rotatable bonds is 5. The Labute approximate surface area is 123 Å². The first-order valence-electron chi connectivity index (χ1n) is 7.05. The van der Waals surface area contributed by atoms with E-state index in [1.165, 1.54) is 5.39 Å². The number of hydrogen-bond donors (Lipinski definition) is 1. The van der Waals surface area contributed by atoms with Gasteiger partial charge in [0.25, 0.3) is 0 Å². The Morgan fingerprint density at radius 3 is 2.57 bits per heavy atom. The average Bonchev–Trinajstić information content (AvgIpc) is 2.54. The van der Waals surface area contributed by atoms with Crippen molar-refractivity contribution in [1.82, 2.24) is 15.5 Å². The fourth-order valence-corrected chi connectivity index (χ4v) is 2.10. The first-order chi connectivity index (χ1) is 10.3. The summed E-state index contributed by atoms with van der Waals surface area (Å²) in [7, 11) is 0. The minimum Gasteiger partial charge on any atom is -0.438 e. The zero-order chi connectivity index (χ0) is 14.5. The number of ether oxygens (including phenoxy) is 1. The molecule has 3 aromatic rings. The van der Waals surface area contributed by atoms with Gasteiger partial charge in [-0.3, -0.25) is 0 Å². The quantitative estimate of drug-likeness (QED) is 0.776. The second-order valence-corrected chi connectivity index (χ2v) is 4.75. The van der Waals surface area contributed by atoms with Crippen molar-refractivity contribution < 1.29 is 4.74 Å². The topological polar surface area (TPSA) is 47.0 Å². The van der Waals surface area contributed by atoms with E-state index in [2.05, 4.69) is 34.6 Å². The van der Waals surface area contributed by atoms with Crippen LogP contribution in [0.5, 0.6) is 11.6 Å². The average molecular weight is 279 g/mol. The monoisotopic (exact) mass is 279 g/mol. The highest BCUT2D eigenvalue weighted by atomic mass is 16.5. The molecular formula is C17H17N3O. The maximum Gasteiger partial charge on any atom is 0.238 e. The molecule has 0 unspecified atom stereocenters. The van der Waals surface area contributed by atoms with Gasteiger partial charge >= 0.3 is 0 Å². The largest absolute Gasteiger partial charge is 0.438 e. The number of hydrogen-bond acceptors (Lipinski definition) is 4. The molecule has 0 aliphatic heterocycles. The number of nitrogens with one attached hydrogen (secondary N) is 1. The van der Waals surface area contributed by atoms with Crippen molar-refractivity contribution in [1.29, 1.82) is 0 Å². The Morgan fingerprint density at radius 2 is 1.81 bits per heavy atom. The predicted octanol–water partition coefficient (Wildman–Crippen LogP) is 3.53. The van der Waals surface area contributed by atoms with Crippen LogP contribution in [0.15, 0.2) is 54.6 Å². The SMILES string of the molecule is CCNCc1ccc(Oc2ccc3ccccc3c2)nn1. The van der Waals surface area contributed by atoms with E-state index < -0.39 is 0 Å². The Balaban J connectivity index is 1.75. The molecule has 1 aromatic heterocycles. The second-order valence-electron chi connectivity index (χ2n) is 4.75. The molecule has 0 fully saturated rings. The Kier molecular flexibility index (Phi) is 4.07. The molecule has 0 aliphatic carbocycles. The molecule has 3 rings (SSSR count). The Bertz CT molecular complexity index is 725. The first-order valence-corrected chi connectivity index (χ1v) is 7.05. The zero-order valence-corrected chi connectivity index (χ0v) is 11.9. The molecule has 0 radical (unpaired) electrons. The molecular weight excluding hydrogens is 262 g/mol. The highest BCUT2D eigenvalue weighted by Gasteiger charge is 2.02. The van der Waals surface area contributed by atoms with Crippen molar-refractivity contribution in [3.63, 3.8) is 0 Å². The smallest absolute Gasteiger partial charge is 0.238 e. The minimum atomic E-state index is 0.505. The van der Waals surface area contributed by atoms with Crippen LogP contribution in [0.2, 0.25) is 0 Å². The summed E-state index contributed by atoms with van der Waals surface area (Å²) in [6, 6.07) is 17.9. The fraction of sp³-hybridized carbons (Fsp3) is 0.176. The third-order valence-corrected chi connectivity index (χ3v) is 3.19. The summed E-state index contributed by atoms with van der Waals surface area (Å²) in [6.45, 7) is 3.70. The molecule has 0 spiro atoms. The van der Waals surface area contributed by atoms with Crippen LogP contribution in [0, 0.1) is 0 Å². The van der Waals surface area contributed by atoms with Gasteiger partial charge in [0.1, 0.15) is 5.75 Å². The summed E-state index contributed by atoms with van der Waals surface area (Å²) in [5.41, 5.74) is 0.905. The van der Waals surface area contributed by atoms with Gasteiger partial charge in [-0.15, -0.1) is 5.10 Å². The lowest BCUT2D eigenvalue weighted by Gasteiger charge is -2.06. The minimum absolute atomic E-state index is 0.505. The van der Waals surface area contributed by atoms with Crippen LogP contribution in [0.25, 0.3) is 10.8 Å². The summed E-state index contributed by atoms with van der Waals surface area (Å²) in [4.78, 5) is 0. The van der Waals surface area contributed by atoms with Crippen LogP contribution in [-0.4, -0.2) is 16.7 Å². The lowest BCUT2D eigenvalue weighted by Crippen LogP contribution is -2.13. The van der Waals surface area contributed by atoms with Gasteiger partial charge in [-0.25, -0.2) is 0 Å². The summed E-state index contributed by atoms with van der Waals surface area (Å²) in [5, 5.41) is 13.8. The summed E-state index contributed by atoms with van der Waals surface area (Å²) >= 11 is 0. The van der Waals surface area contributed by atoms with Crippen molar-refractivity contribution in [2.75, 3.05) is 6.54 Å². The van der Waals surface area contributed by atoms with E-state index in [4.69, 9.17) is 4.74 Å². The normalized spacial score (nSPS) is 10.7. The summed E-state index contributed by atoms with van der Waals surface area (Å²) in [6.07, 6.45) is 0. The first kappa shape index (κ1) is 13.5. The number of fused-ring (bicyclic) bond motifs is 1. The lowest BCUT2D eigenvalue weighted by molar-refractivity contribution is 0.454. The second kappa shape index (κ2) is 6.33. The molecule has 4 heteroatoms. The Hall–Kier alpha value is -2.46. The highest BCUT2D eigenvalue weighted by molar-refractivity contribution is 5.83. The van der Waals surface area contributed by atoms with E-state index in [-0.39, 0.29) is 0 Å². The van der Waals surface area contributed by atoms with Crippen LogP contribution >= 0.6 is 0 Å². The molecule has 0 saturated carbocycles. The van der Waals surface area contributed by atoms with Gasteiger partial charge in [0, 0.05) is 12.6 Å². The molecule has 21 heavy (non-hydrogen) atoms. The van der Waals surface area contributed by atoms with E-state index >= 15 is 0 Å². The zero-order valence-electron chi connectivity index (χ0n) is 11.9. The molecule has 0 aliphatic rings. The Morgan fingerprint density at radius 1 is 0.952 bits per heavy atom. The molecule has 0 atom stereocenters. The van der Waals surface area contributed by atoms with Crippen molar-refractivity contribution in [2.45, 2.75) is 13.5 Å². The summed E-state index contributed by atoms with van der Waals surface area (Å²) in [5.74, 6) is 1.27. The molecule has 1 heterocycles. The fourth-order valence-electron chi connectivity index (χ4n) is 2.10. The van der Waals surface area contributed by atoms with Crippen molar-refractivity contribution in [3.05, 3.63) is 60.3 Å². The van der Waals surface area contributed by atoms with E-state index in [1.807, 2.05) is 42.5 Å². The number of nitrogens with zero attached hydrogens (tertiary/aromatic N) is 2. The van der Waals surface area contributed by atoms with Gasteiger partial charge in [0.15, 0.2) is 0 Å². The van der Waals surface area contributed by atoms with Crippen LogP contribution in [0.1, 0.15) is 12.6 Å². The standard InChI is InChI=1S/C17H17N3O/c1-2-18-12-15-8-10-17(20-19-15)21-16-9-7-13-5-3-4-6-14(13)11-16/h3-11,18H,2,12H2,1H3. The molecule has 0 bridgehead atoms.